The second kappa shape index (κ2) is 11.1. The molecule has 1 heterocycles. The van der Waals surface area contributed by atoms with Crippen LogP contribution in [0.15, 0.2) is 41.6 Å². The average Bonchev–Trinajstić information content (AvgIpc) is 2.65. The molecule has 0 bridgehead atoms. The zero-order valence-electron chi connectivity index (χ0n) is 16.8. The van der Waals surface area contributed by atoms with Crippen molar-refractivity contribution in [3.05, 3.63) is 58.7 Å². The average molecular weight is 384 g/mol. The summed E-state index contributed by atoms with van der Waals surface area (Å²) in [5.41, 5.74) is 3.98. The first kappa shape index (κ1) is 21.4. The number of carbonyl (C=O) groups is 2. The highest BCUT2D eigenvalue weighted by Crippen LogP contribution is 2.20. The van der Waals surface area contributed by atoms with Gasteiger partial charge in [0.1, 0.15) is 0 Å². The van der Waals surface area contributed by atoms with Crippen LogP contribution < -0.4 is 5.32 Å². The Hall–Kier alpha value is -2.89. The van der Waals surface area contributed by atoms with Gasteiger partial charge in [0.25, 0.3) is 5.91 Å². The molecular weight excluding hydrogens is 356 g/mol. The molecule has 0 saturated carbocycles. The smallest absolute Gasteiger partial charge is 0.338 e. The monoisotopic (exact) mass is 384 g/mol. The van der Waals surface area contributed by atoms with Crippen molar-refractivity contribution in [2.24, 2.45) is 5.16 Å². The molecule has 0 aromatic heterocycles. The van der Waals surface area contributed by atoms with Gasteiger partial charge < -0.3 is 14.9 Å². The number of hydrogen-bond acceptors (Lipinski definition) is 5. The number of ether oxygens (including phenoxy) is 1. The predicted octanol–water partition coefficient (Wildman–Crippen LogP) is 3.42. The summed E-state index contributed by atoms with van der Waals surface area (Å²) in [5, 5.41) is 6.61. The van der Waals surface area contributed by atoms with Gasteiger partial charge in [-0.15, -0.1) is 0 Å². The molecule has 0 fully saturated rings. The fourth-order valence-corrected chi connectivity index (χ4v) is 2.99. The Morgan fingerprint density at radius 1 is 1.18 bits per heavy atom. The molecule has 0 radical (unpaired) electrons. The topological polar surface area (TPSA) is 77.0 Å². The molecular formula is C22H28N2O4. The summed E-state index contributed by atoms with van der Waals surface area (Å²) in [4.78, 5) is 29.2. The Morgan fingerprint density at radius 2 is 1.93 bits per heavy atom. The van der Waals surface area contributed by atoms with Gasteiger partial charge in [-0.25, -0.2) is 4.79 Å². The molecule has 0 spiro atoms. The van der Waals surface area contributed by atoms with Crippen molar-refractivity contribution >= 4 is 17.6 Å². The largest absolute Gasteiger partial charge is 0.462 e. The van der Waals surface area contributed by atoms with Crippen molar-refractivity contribution in [2.75, 3.05) is 20.3 Å². The second-order valence-electron chi connectivity index (χ2n) is 6.70. The van der Waals surface area contributed by atoms with Crippen LogP contribution in [0.1, 0.15) is 46.3 Å². The van der Waals surface area contributed by atoms with Crippen molar-refractivity contribution in [3.8, 4) is 0 Å². The van der Waals surface area contributed by atoms with E-state index in [-0.39, 0.29) is 18.5 Å². The number of cyclic esters (lactones) is 1. The van der Waals surface area contributed by atoms with Crippen molar-refractivity contribution in [2.45, 2.75) is 39.5 Å². The van der Waals surface area contributed by atoms with Crippen molar-refractivity contribution in [1.82, 2.24) is 5.32 Å². The molecule has 1 aromatic rings. The van der Waals surface area contributed by atoms with Gasteiger partial charge in [-0.1, -0.05) is 41.1 Å². The van der Waals surface area contributed by atoms with E-state index in [0.717, 1.165) is 29.5 Å². The Morgan fingerprint density at radius 3 is 2.71 bits per heavy atom. The number of likely N-dealkylation sites (N-methyl/N-ethyl adjacent to an activating group) is 1. The number of nitrogens with zero attached hydrogens (tertiary/aromatic N) is 1. The minimum atomic E-state index is -0.326. The maximum atomic E-state index is 12.7. The second-order valence-corrected chi connectivity index (χ2v) is 6.70. The molecule has 1 amide bonds. The minimum Gasteiger partial charge on any atom is -0.462 e. The number of rotatable bonds is 3. The van der Waals surface area contributed by atoms with Gasteiger partial charge in [0.15, 0.2) is 6.61 Å². The predicted molar refractivity (Wildman–Crippen MR) is 109 cm³/mol. The molecule has 2 rings (SSSR count). The Balaban J connectivity index is 2.36. The van der Waals surface area contributed by atoms with Crippen LogP contribution in [0, 0.1) is 13.8 Å². The number of amides is 1. The molecule has 1 aliphatic heterocycles. The lowest BCUT2D eigenvalue weighted by Crippen LogP contribution is -2.22. The number of fused-ring (bicyclic) bond motifs is 1. The van der Waals surface area contributed by atoms with E-state index in [1.807, 2.05) is 44.2 Å². The number of carbonyl (C=O) groups excluding carboxylic acids is 2. The fraction of sp³-hybridized carbons (Fsp3) is 0.409. The molecule has 150 valence electrons. The van der Waals surface area contributed by atoms with Gasteiger partial charge >= 0.3 is 5.97 Å². The van der Waals surface area contributed by atoms with Crippen molar-refractivity contribution in [3.63, 3.8) is 0 Å². The standard InChI is InChI=1S/C22H28N2O4/c1-16-12-17(2)21-18(13-16)14-19(24-28-15-20(25)23-3)10-8-6-4-5-7-9-11-27-22(21)26/h5,7-8,10,12-13H,4,6,9,11,14-15H2,1-3H3,(H,23,25)/b7-5+,10-8?,24-19-. The van der Waals surface area contributed by atoms with Crippen LogP contribution in [0.25, 0.3) is 0 Å². The van der Waals surface area contributed by atoms with Crippen LogP contribution in [-0.2, 0) is 20.8 Å². The highest BCUT2D eigenvalue weighted by Gasteiger charge is 2.18. The molecule has 6 heteroatoms. The number of oxime groups is 1. The third kappa shape index (κ3) is 6.68. The van der Waals surface area contributed by atoms with Gasteiger partial charge in [-0.3, -0.25) is 4.79 Å². The lowest BCUT2D eigenvalue weighted by atomic mass is 9.95. The highest BCUT2D eigenvalue weighted by atomic mass is 16.6. The third-order valence-electron chi connectivity index (χ3n) is 4.29. The SMILES string of the molecule is CNC(=O)CO/N=C1/C=CCC/C=C/CCOC(=O)c2c(C)cc(C)cc2C1. The molecule has 1 N–H and O–H groups in total. The van der Waals surface area contributed by atoms with Crippen molar-refractivity contribution in [1.29, 1.82) is 0 Å². The highest BCUT2D eigenvalue weighted by molar-refractivity contribution is 5.99. The molecule has 1 aliphatic rings. The minimum absolute atomic E-state index is 0.154. The Labute approximate surface area is 166 Å². The summed E-state index contributed by atoms with van der Waals surface area (Å²) in [7, 11) is 1.54. The zero-order valence-corrected chi connectivity index (χ0v) is 16.8. The van der Waals surface area contributed by atoms with Crippen LogP contribution >= 0.6 is 0 Å². The van der Waals surface area contributed by atoms with Gasteiger partial charge in [-0.2, -0.15) is 0 Å². The van der Waals surface area contributed by atoms with E-state index in [1.165, 1.54) is 0 Å². The summed E-state index contributed by atoms with van der Waals surface area (Å²) in [6.45, 7) is 4.10. The van der Waals surface area contributed by atoms with E-state index < -0.39 is 0 Å². The Bertz CT molecular complexity index is 794. The number of hydrogen-bond donors (Lipinski definition) is 1. The molecule has 28 heavy (non-hydrogen) atoms. The van der Waals surface area contributed by atoms with E-state index in [1.54, 1.807) is 7.05 Å². The van der Waals surface area contributed by atoms with Crippen LogP contribution in [0.2, 0.25) is 0 Å². The van der Waals surface area contributed by atoms with E-state index in [4.69, 9.17) is 9.57 Å². The van der Waals surface area contributed by atoms with E-state index >= 15 is 0 Å². The number of benzene rings is 1. The summed E-state index contributed by atoms with van der Waals surface area (Å²) in [6, 6.07) is 3.94. The summed E-state index contributed by atoms with van der Waals surface area (Å²) >= 11 is 0. The molecule has 0 aliphatic carbocycles. The molecule has 1 aromatic carbocycles. The van der Waals surface area contributed by atoms with Gasteiger partial charge in [0, 0.05) is 13.5 Å². The first-order valence-corrected chi connectivity index (χ1v) is 9.49. The number of nitrogens with one attached hydrogen (secondary N) is 1. The number of aryl methyl sites for hydroxylation is 2. The van der Waals surface area contributed by atoms with E-state index in [2.05, 4.69) is 16.5 Å². The maximum Gasteiger partial charge on any atom is 0.338 e. The third-order valence-corrected chi connectivity index (χ3v) is 4.29. The summed E-state index contributed by atoms with van der Waals surface area (Å²) < 4.78 is 5.46. The van der Waals surface area contributed by atoms with E-state index in [0.29, 0.717) is 30.7 Å². The van der Waals surface area contributed by atoms with Gasteiger partial charge in [0.05, 0.1) is 17.9 Å². The van der Waals surface area contributed by atoms with Crippen molar-refractivity contribution < 1.29 is 19.2 Å². The van der Waals surface area contributed by atoms with Crippen LogP contribution in [0.4, 0.5) is 0 Å². The number of esters is 1. The van der Waals surface area contributed by atoms with Crippen LogP contribution in [-0.4, -0.2) is 37.8 Å². The zero-order chi connectivity index (χ0) is 20.4. The number of allylic oxidation sites excluding steroid dienone is 3. The van der Waals surface area contributed by atoms with Gasteiger partial charge in [-0.05, 0) is 50.3 Å². The summed E-state index contributed by atoms with van der Waals surface area (Å²) in [5.74, 6) is -0.581. The van der Waals surface area contributed by atoms with Gasteiger partial charge in [0.2, 0.25) is 0 Å². The molecule has 6 nitrogen and oxygen atoms in total. The fourth-order valence-electron chi connectivity index (χ4n) is 2.99. The van der Waals surface area contributed by atoms with Crippen LogP contribution in [0.3, 0.4) is 0 Å². The van der Waals surface area contributed by atoms with E-state index in [9.17, 15) is 9.59 Å². The van der Waals surface area contributed by atoms with Crippen LogP contribution in [0.5, 0.6) is 0 Å². The lowest BCUT2D eigenvalue weighted by molar-refractivity contribution is -0.125. The maximum absolute atomic E-state index is 12.7. The lowest BCUT2D eigenvalue weighted by Gasteiger charge is -2.14. The first-order chi connectivity index (χ1) is 13.5. The summed E-state index contributed by atoms with van der Waals surface area (Å²) in [6.07, 6.45) is 10.9. The molecule has 0 atom stereocenters. The molecule has 0 unspecified atom stereocenters. The molecule has 0 saturated heterocycles. The normalized spacial score (nSPS) is 18.0. The first-order valence-electron chi connectivity index (χ1n) is 9.49. The quantitative estimate of drug-likeness (QED) is 0.492. The Kier molecular flexibility index (Phi) is 8.46.